The number of benzene rings is 1. The third kappa shape index (κ3) is 2.39. The van der Waals surface area contributed by atoms with Crippen LogP contribution in [-0.4, -0.2) is 21.1 Å². The number of hydrogen-bond acceptors (Lipinski definition) is 4. The molecule has 0 spiro atoms. The molecule has 0 aliphatic rings. The lowest BCUT2D eigenvalue weighted by molar-refractivity contribution is 0.793. The van der Waals surface area contributed by atoms with Crippen molar-refractivity contribution < 1.29 is 0 Å². The van der Waals surface area contributed by atoms with Crippen molar-refractivity contribution in [2.24, 2.45) is 5.73 Å². The lowest BCUT2D eigenvalue weighted by Gasteiger charge is -2.03. The number of nitrogens with two attached hydrogens (primary N) is 1. The molecule has 0 saturated heterocycles. The lowest BCUT2D eigenvalue weighted by Crippen LogP contribution is -2.02. The molecular weight excluding hydrogens is 336 g/mol. The number of imidazole rings is 1. The van der Waals surface area contributed by atoms with Gasteiger partial charge in [-0.25, -0.2) is 9.97 Å². The van der Waals surface area contributed by atoms with Crippen molar-refractivity contribution in [3.05, 3.63) is 33.1 Å². The van der Waals surface area contributed by atoms with Gasteiger partial charge in [-0.05, 0) is 31.7 Å². The molecule has 0 aliphatic carbocycles. The van der Waals surface area contributed by atoms with Crippen molar-refractivity contribution >= 4 is 38.3 Å². The van der Waals surface area contributed by atoms with Gasteiger partial charge in [0, 0.05) is 22.8 Å². The number of thiazole rings is 1. The molecule has 0 saturated carbocycles. The minimum atomic E-state index is 0.629. The van der Waals surface area contributed by atoms with E-state index in [0.29, 0.717) is 6.54 Å². The molecule has 0 unspecified atom stereocenters. The molecule has 0 bridgehead atoms. The average molecular weight is 351 g/mol. The third-order valence-corrected chi connectivity index (χ3v) is 4.57. The Hall–Kier alpha value is -1.24. The van der Waals surface area contributed by atoms with Crippen LogP contribution in [0.3, 0.4) is 0 Å². The molecule has 1 aromatic carbocycles. The van der Waals surface area contributed by atoms with E-state index in [-0.39, 0.29) is 0 Å². The predicted octanol–water partition coefficient (Wildman–Crippen LogP) is 3.44. The van der Waals surface area contributed by atoms with Crippen LogP contribution in [0.1, 0.15) is 11.9 Å². The van der Waals surface area contributed by atoms with Crippen LogP contribution in [0, 0.1) is 0 Å². The van der Waals surface area contributed by atoms with E-state index in [9.17, 15) is 0 Å². The van der Waals surface area contributed by atoms with E-state index in [1.807, 2.05) is 12.1 Å². The van der Waals surface area contributed by atoms with Crippen LogP contribution in [0.2, 0.25) is 0 Å². The molecule has 0 aliphatic heterocycles. The van der Waals surface area contributed by atoms with Gasteiger partial charge in [0.05, 0.1) is 16.0 Å². The summed E-state index contributed by atoms with van der Waals surface area (Å²) in [5.41, 5.74) is 8.65. The van der Waals surface area contributed by atoms with Crippen molar-refractivity contribution in [3.8, 4) is 11.5 Å². The van der Waals surface area contributed by atoms with Gasteiger partial charge in [-0.1, -0.05) is 15.9 Å². The third-order valence-electron chi connectivity index (χ3n) is 3.17. The van der Waals surface area contributed by atoms with E-state index in [2.05, 4.69) is 43.9 Å². The van der Waals surface area contributed by atoms with Crippen LogP contribution < -0.4 is 5.73 Å². The van der Waals surface area contributed by atoms with E-state index in [1.54, 1.807) is 11.3 Å². The first kappa shape index (κ1) is 13.7. The monoisotopic (exact) mass is 350 g/mol. The van der Waals surface area contributed by atoms with Crippen LogP contribution in [0.4, 0.5) is 0 Å². The standard InChI is InChI=1S/C14H15BrN4S/c1-2-19-12-4-3-9(15)7-10(12)18-14(19)11-8-20-13(17-11)5-6-16/h3-4,7-8H,2,5-6,16H2,1H3. The normalized spacial score (nSPS) is 11.3. The summed E-state index contributed by atoms with van der Waals surface area (Å²) in [7, 11) is 0. The molecule has 0 amide bonds. The molecule has 2 heterocycles. The van der Waals surface area contributed by atoms with Crippen LogP contribution in [0.15, 0.2) is 28.1 Å². The molecule has 104 valence electrons. The predicted molar refractivity (Wildman–Crippen MR) is 87.0 cm³/mol. The first-order chi connectivity index (χ1) is 9.72. The fourth-order valence-corrected chi connectivity index (χ4v) is 3.41. The van der Waals surface area contributed by atoms with Crippen LogP contribution in [0.5, 0.6) is 0 Å². The zero-order valence-corrected chi connectivity index (χ0v) is 13.5. The summed E-state index contributed by atoms with van der Waals surface area (Å²) in [6, 6.07) is 6.17. The van der Waals surface area contributed by atoms with Gasteiger partial charge in [0.15, 0.2) is 5.82 Å². The fraction of sp³-hybridized carbons (Fsp3) is 0.286. The number of aromatic nitrogens is 3. The van der Waals surface area contributed by atoms with E-state index in [0.717, 1.165) is 45.0 Å². The largest absolute Gasteiger partial charge is 0.330 e. The van der Waals surface area contributed by atoms with Gasteiger partial charge in [0.25, 0.3) is 0 Å². The smallest absolute Gasteiger partial charge is 0.160 e. The Kier molecular flexibility index (Phi) is 3.87. The first-order valence-corrected chi connectivity index (χ1v) is 8.20. The lowest BCUT2D eigenvalue weighted by atomic mass is 10.3. The topological polar surface area (TPSA) is 56.7 Å². The Labute approximate surface area is 129 Å². The Bertz CT molecular complexity index is 747. The van der Waals surface area contributed by atoms with Gasteiger partial charge in [0.2, 0.25) is 0 Å². The Morgan fingerprint density at radius 2 is 2.20 bits per heavy atom. The van der Waals surface area contributed by atoms with Crippen molar-refractivity contribution in [1.29, 1.82) is 0 Å². The highest BCUT2D eigenvalue weighted by atomic mass is 79.9. The second kappa shape index (κ2) is 5.63. The molecule has 6 heteroatoms. The maximum Gasteiger partial charge on any atom is 0.160 e. The maximum atomic E-state index is 5.58. The van der Waals surface area contributed by atoms with E-state index in [1.165, 1.54) is 0 Å². The van der Waals surface area contributed by atoms with Crippen molar-refractivity contribution in [3.63, 3.8) is 0 Å². The highest BCUT2D eigenvalue weighted by molar-refractivity contribution is 9.10. The first-order valence-electron chi connectivity index (χ1n) is 6.53. The molecule has 3 aromatic rings. The summed E-state index contributed by atoms with van der Waals surface area (Å²) in [6.07, 6.45) is 0.822. The summed E-state index contributed by atoms with van der Waals surface area (Å²) in [5.74, 6) is 0.931. The zero-order valence-electron chi connectivity index (χ0n) is 11.1. The van der Waals surface area contributed by atoms with Crippen LogP contribution >= 0.6 is 27.3 Å². The molecule has 4 nitrogen and oxygen atoms in total. The van der Waals surface area contributed by atoms with E-state index < -0.39 is 0 Å². The van der Waals surface area contributed by atoms with Gasteiger partial charge in [0.1, 0.15) is 5.69 Å². The summed E-state index contributed by atoms with van der Waals surface area (Å²) in [6.45, 7) is 3.63. The molecule has 2 aromatic heterocycles. The number of rotatable bonds is 4. The quantitative estimate of drug-likeness (QED) is 0.783. The second-order valence-electron chi connectivity index (χ2n) is 4.48. The number of fused-ring (bicyclic) bond motifs is 1. The minimum Gasteiger partial charge on any atom is -0.330 e. The fourth-order valence-electron chi connectivity index (χ4n) is 2.27. The van der Waals surface area contributed by atoms with E-state index >= 15 is 0 Å². The van der Waals surface area contributed by atoms with Gasteiger partial charge in [-0.15, -0.1) is 11.3 Å². The van der Waals surface area contributed by atoms with Gasteiger partial charge >= 0.3 is 0 Å². The van der Waals surface area contributed by atoms with Crippen molar-refractivity contribution in [1.82, 2.24) is 14.5 Å². The highest BCUT2D eigenvalue weighted by Crippen LogP contribution is 2.27. The molecular formula is C14H15BrN4S. The highest BCUT2D eigenvalue weighted by Gasteiger charge is 2.14. The Morgan fingerprint density at radius 1 is 1.35 bits per heavy atom. The van der Waals surface area contributed by atoms with Crippen LogP contribution in [0.25, 0.3) is 22.6 Å². The summed E-state index contributed by atoms with van der Waals surface area (Å²) < 4.78 is 3.24. The van der Waals surface area contributed by atoms with Crippen molar-refractivity contribution in [2.45, 2.75) is 19.9 Å². The number of aryl methyl sites for hydroxylation is 1. The van der Waals surface area contributed by atoms with Gasteiger partial charge in [-0.3, -0.25) is 0 Å². The maximum absolute atomic E-state index is 5.58. The van der Waals surface area contributed by atoms with Gasteiger partial charge < -0.3 is 10.3 Å². The Balaban J connectivity index is 2.13. The van der Waals surface area contributed by atoms with Crippen molar-refractivity contribution in [2.75, 3.05) is 6.54 Å². The number of hydrogen-bond donors (Lipinski definition) is 1. The summed E-state index contributed by atoms with van der Waals surface area (Å²) >= 11 is 5.14. The van der Waals surface area contributed by atoms with Gasteiger partial charge in [-0.2, -0.15) is 0 Å². The molecule has 0 atom stereocenters. The molecule has 2 N–H and O–H groups in total. The molecule has 0 radical (unpaired) electrons. The summed E-state index contributed by atoms with van der Waals surface area (Å²) in [4.78, 5) is 9.37. The molecule has 0 fully saturated rings. The Morgan fingerprint density at radius 3 is 2.95 bits per heavy atom. The zero-order chi connectivity index (χ0) is 14.1. The summed E-state index contributed by atoms with van der Waals surface area (Å²) in [5, 5.41) is 3.13. The molecule has 3 rings (SSSR count). The SMILES string of the molecule is CCn1c(-c2csc(CCN)n2)nc2cc(Br)ccc21. The minimum absolute atomic E-state index is 0.629. The number of halogens is 1. The van der Waals surface area contributed by atoms with Crippen LogP contribution in [-0.2, 0) is 13.0 Å². The average Bonchev–Trinajstić information content (AvgIpc) is 3.02. The molecule has 20 heavy (non-hydrogen) atoms. The number of nitrogens with zero attached hydrogens (tertiary/aromatic N) is 3. The second-order valence-corrected chi connectivity index (χ2v) is 6.34. The van der Waals surface area contributed by atoms with E-state index in [4.69, 9.17) is 10.7 Å².